The van der Waals surface area contributed by atoms with Gasteiger partial charge in [0.2, 0.25) is 5.91 Å². The maximum Gasteiger partial charge on any atom is 0.280 e. The number of aromatic nitrogens is 2. The molecule has 5 rings (SSSR count). The van der Waals surface area contributed by atoms with E-state index in [1.165, 1.54) is 11.3 Å². The SMILES string of the molecule is CN1CCc2nc(C(=O)NC3CN(C(=O)CC(C)(C)C)CCC3NC(=O)c3cc4cc(Cl)ccc4[nH]3)sc2C1. The van der Waals surface area contributed by atoms with Crippen molar-refractivity contribution in [3.63, 3.8) is 0 Å². The van der Waals surface area contributed by atoms with Gasteiger partial charge in [-0.1, -0.05) is 32.4 Å². The molecule has 1 fully saturated rings. The number of likely N-dealkylation sites (N-methyl/N-ethyl adjacent to an activating group) is 1. The van der Waals surface area contributed by atoms with Gasteiger partial charge in [-0.05, 0) is 43.1 Å². The van der Waals surface area contributed by atoms with E-state index in [2.05, 4.69) is 32.5 Å². The Bertz CT molecular complexity index is 1410. The lowest BCUT2D eigenvalue weighted by atomic mass is 9.90. The van der Waals surface area contributed by atoms with Crippen LogP contribution in [0.4, 0.5) is 0 Å². The van der Waals surface area contributed by atoms with E-state index in [-0.39, 0.29) is 29.2 Å². The number of carbonyl (C=O) groups is 3. The van der Waals surface area contributed by atoms with Crippen molar-refractivity contribution in [1.29, 1.82) is 0 Å². The van der Waals surface area contributed by atoms with Gasteiger partial charge in [-0.2, -0.15) is 0 Å². The fourth-order valence-corrected chi connectivity index (χ4v) is 6.46. The summed E-state index contributed by atoms with van der Waals surface area (Å²) in [5.74, 6) is -0.493. The van der Waals surface area contributed by atoms with Gasteiger partial charge in [0, 0.05) is 59.8 Å². The summed E-state index contributed by atoms with van der Waals surface area (Å²) < 4.78 is 0. The second kappa shape index (κ2) is 10.9. The van der Waals surface area contributed by atoms with Gasteiger partial charge in [0.1, 0.15) is 5.69 Å². The van der Waals surface area contributed by atoms with Gasteiger partial charge >= 0.3 is 0 Å². The first-order chi connectivity index (χ1) is 18.4. The number of likely N-dealkylation sites (tertiary alicyclic amines) is 1. The zero-order chi connectivity index (χ0) is 27.9. The Labute approximate surface area is 237 Å². The number of amides is 3. The number of hydrogen-bond acceptors (Lipinski definition) is 6. The number of nitrogens with one attached hydrogen (secondary N) is 3. The number of thiazole rings is 1. The molecule has 1 saturated heterocycles. The summed E-state index contributed by atoms with van der Waals surface area (Å²) in [5.41, 5.74) is 2.07. The van der Waals surface area contributed by atoms with Crippen molar-refractivity contribution in [2.75, 3.05) is 26.7 Å². The molecule has 2 unspecified atom stereocenters. The Morgan fingerprint density at radius 3 is 2.67 bits per heavy atom. The molecular weight excluding hydrogens is 536 g/mol. The van der Waals surface area contributed by atoms with E-state index in [4.69, 9.17) is 11.6 Å². The molecule has 0 bridgehead atoms. The highest BCUT2D eigenvalue weighted by atomic mass is 35.5. The summed E-state index contributed by atoms with van der Waals surface area (Å²) in [6, 6.07) is 6.37. The summed E-state index contributed by atoms with van der Waals surface area (Å²) in [7, 11) is 2.06. The number of piperidine rings is 1. The maximum absolute atomic E-state index is 13.4. The molecule has 0 aliphatic carbocycles. The number of H-pyrrole nitrogens is 1. The topological polar surface area (TPSA) is 110 Å². The van der Waals surface area contributed by atoms with Gasteiger partial charge in [-0.3, -0.25) is 14.4 Å². The number of fused-ring (bicyclic) bond motifs is 2. The minimum Gasteiger partial charge on any atom is -0.351 e. The normalized spacial score (nSPS) is 20.1. The average Bonchev–Trinajstić information content (AvgIpc) is 3.47. The van der Waals surface area contributed by atoms with Crippen molar-refractivity contribution in [2.24, 2.45) is 5.41 Å². The highest BCUT2D eigenvalue weighted by Crippen LogP contribution is 2.26. The van der Waals surface area contributed by atoms with Crippen LogP contribution in [0.25, 0.3) is 10.9 Å². The maximum atomic E-state index is 13.4. The van der Waals surface area contributed by atoms with Gasteiger partial charge in [0.15, 0.2) is 5.01 Å². The van der Waals surface area contributed by atoms with Crippen LogP contribution < -0.4 is 10.6 Å². The Kier molecular flexibility index (Phi) is 7.72. The zero-order valence-corrected chi connectivity index (χ0v) is 24.3. The quantitative estimate of drug-likeness (QED) is 0.432. The van der Waals surface area contributed by atoms with Crippen molar-refractivity contribution in [2.45, 2.75) is 58.7 Å². The molecule has 39 heavy (non-hydrogen) atoms. The van der Waals surface area contributed by atoms with E-state index < -0.39 is 6.04 Å². The summed E-state index contributed by atoms with van der Waals surface area (Å²) >= 11 is 7.53. The minimum absolute atomic E-state index is 0.0479. The van der Waals surface area contributed by atoms with E-state index in [1.54, 1.807) is 23.1 Å². The third kappa shape index (κ3) is 6.45. The van der Waals surface area contributed by atoms with E-state index in [9.17, 15) is 14.4 Å². The molecule has 4 heterocycles. The number of carbonyl (C=O) groups excluding carboxylic acids is 3. The van der Waals surface area contributed by atoms with Crippen LogP contribution in [0.3, 0.4) is 0 Å². The molecule has 9 nitrogen and oxygen atoms in total. The Balaban J connectivity index is 1.33. The lowest BCUT2D eigenvalue weighted by molar-refractivity contribution is -0.134. The Morgan fingerprint density at radius 1 is 1.13 bits per heavy atom. The van der Waals surface area contributed by atoms with Crippen molar-refractivity contribution < 1.29 is 14.4 Å². The molecular formula is C28H35ClN6O3S. The standard InChI is InChI=1S/C28H35ClN6O3S/c1-28(2,3)13-24(36)35-10-8-19(31-25(37)21-12-16-11-17(29)5-6-18(16)30-21)22(14-35)32-26(38)27-33-20-7-9-34(4)15-23(20)39-27/h5-6,11-12,19,22,30H,7-10,13-15H2,1-4H3,(H,31,37)(H,32,38). The third-order valence-corrected chi connectivity index (χ3v) is 8.54. The minimum atomic E-state index is -0.457. The fourth-order valence-electron chi connectivity index (χ4n) is 5.19. The number of rotatable bonds is 5. The average molecular weight is 571 g/mol. The molecule has 208 valence electrons. The van der Waals surface area contributed by atoms with Gasteiger partial charge < -0.3 is 25.4 Å². The zero-order valence-electron chi connectivity index (χ0n) is 22.8. The number of aromatic amines is 1. The van der Waals surface area contributed by atoms with Gasteiger partial charge in [0.25, 0.3) is 11.8 Å². The Morgan fingerprint density at radius 2 is 1.90 bits per heavy atom. The van der Waals surface area contributed by atoms with Crippen molar-refractivity contribution in [1.82, 2.24) is 30.4 Å². The van der Waals surface area contributed by atoms with Crippen LogP contribution in [0.15, 0.2) is 24.3 Å². The second-order valence-corrected chi connectivity index (χ2v) is 13.3. The second-order valence-electron chi connectivity index (χ2n) is 11.8. The molecule has 0 radical (unpaired) electrons. The van der Waals surface area contributed by atoms with Gasteiger partial charge in [-0.15, -0.1) is 11.3 Å². The fraction of sp³-hybridized carbons (Fsp3) is 0.500. The van der Waals surface area contributed by atoms with E-state index in [0.29, 0.717) is 41.7 Å². The monoisotopic (exact) mass is 570 g/mol. The summed E-state index contributed by atoms with van der Waals surface area (Å²) in [6.07, 6.45) is 1.76. The molecule has 2 aromatic heterocycles. The highest BCUT2D eigenvalue weighted by molar-refractivity contribution is 7.13. The molecule has 3 N–H and O–H groups in total. The molecule has 0 spiro atoms. The molecule has 2 aliphatic heterocycles. The van der Waals surface area contributed by atoms with Crippen molar-refractivity contribution >= 4 is 51.6 Å². The van der Waals surface area contributed by atoms with Crippen LogP contribution >= 0.6 is 22.9 Å². The number of nitrogens with zero attached hydrogens (tertiary/aromatic N) is 3. The Hall–Kier alpha value is -2.95. The molecule has 3 amide bonds. The summed E-state index contributed by atoms with van der Waals surface area (Å²) in [4.78, 5) is 52.5. The number of benzene rings is 1. The van der Waals surface area contributed by atoms with Crippen molar-refractivity contribution in [3.05, 3.63) is 50.6 Å². The summed E-state index contributed by atoms with van der Waals surface area (Å²) in [5, 5.41) is 8.07. The first-order valence-corrected chi connectivity index (χ1v) is 14.5. The number of halogens is 1. The van der Waals surface area contributed by atoms with Gasteiger partial charge in [-0.25, -0.2) is 4.98 Å². The van der Waals surface area contributed by atoms with E-state index in [0.717, 1.165) is 41.0 Å². The van der Waals surface area contributed by atoms with Crippen molar-refractivity contribution in [3.8, 4) is 0 Å². The molecule has 2 atom stereocenters. The smallest absolute Gasteiger partial charge is 0.280 e. The predicted octanol–water partition coefficient (Wildman–Crippen LogP) is 3.83. The van der Waals surface area contributed by atoms with Crippen LogP contribution in [0.2, 0.25) is 5.02 Å². The van der Waals surface area contributed by atoms with Gasteiger partial charge in [0.05, 0.1) is 17.8 Å². The first-order valence-electron chi connectivity index (χ1n) is 13.3. The molecule has 11 heteroatoms. The lowest BCUT2D eigenvalue weighted by Crippen LogP contribution is -2.61. The first kappa shape index (κ1) is 27.6. The third-order valence-electron chi connectivity index (χ3n) is 7.22. The molecule has 0 saturated carbocycles. The van der Waals surface area contributed by atoms with Crippen LogP contribution in [-0.2, 0) is 17.8 Å². The molecule has 1 aromatic carbocycles. The van der Waals surface area contributed by atoms with E-state index >= 15 is 0 Å². The van der Waals surface area contributed by atoms with Crippen LogP contribution in [-0.4, -0.2) is 76.3 Å². The van der Waals surface area contributed by atoms with Crippen LogP contribution in [0, 0.1) is 5.41 Å². The lowest BCUT2D eigenvalue weighted by Gasteiger charge is -2.39. The predicted molar refractivity (Wildman–Crippen MR) is 153 cm³/mol. The van der Waals surface area contributed by atoms with E-state index in [1.807, 2.05) is 26.8 Å². The summed E-state index contributed by atoms with van der Waals surface area (Å²) in [6.45, 7) is 8.63. The van der Waals surface area contributed by atoms with Crippen LogP contribution in [0.1, 0.15) is 64.5 Å². The van der Waals surface area contributed by atoms with Crippen LogP contribution in [0.5, 0.6) is 0 Å². The molecule has 2 aliphatic rings. The molecule has 3 aromatic rings. The highest BCUT2D eigenvalue weighted by Gasteiger charge is 2.35. The largest absolute Gasteiger partial charge is 0.351 e. The number of hydrogen-bond donors (Lipinski definition) is 3.